The molecular formula is C21H22Cl2FN5O2. The highest BCUT2D eigenvalue weighted by atomic mass is 35.5. The Morgan fingerprint density at radius 1 is 1.23 bits per heavy atom. The number of halogens is 3. The van der Waals surface area contributed by atoms with Crippen molar-refractivity contribution in [1.29, 1.82) is 0 Å². The summed E-state index contributed by atoms with van der Waals surface area (Å²) in [5.74, 6) is -0.315. The lowest BCUT2D eigenvalue weighted by Gasteiger charge is -2.22. The minimum absolute atomic E-state index is 0.0486. The summed E-state index contributed by atoms with van der Waals surface area (Å²) in [6.07, 6.45) is 6.60. The lowest BCUT2D eigenvalue weighted by molar-refractivity contribution is 0.220. The quantitative estimate of drug-likeness (QED) is 0.340. The Morgan fingerprint density at radius 2 is 1.97 bits per heavy atom. The van der Waals surface area contributed by atoms with Gasteiger partial charge in [-0.1, -0.05) is 23.2 Å². The number of hydrogen-bond donors (Lipinski definition) is 3. The predicted molar refractivity (Wildman–Crippen MR) is 117 cm³/mol. The molecule has 1 aromatic carbocycles. The van der Waals surface area contributed by atoms with E-state index in [0.29, 0.717) is 6.04 Å². The number of benzene rings is 1. The fourth-order valence-corrected chi connectivity index (χ4v) is 4.16. The highest BCUT2D eigenvalue weighted by Gasteiger charge is 2.22. The average molecular weight is 466 g/mol. The van der Waals surface area contributed by atoms with Crippen LogP contribution in [0.3, 0.4) is 0 Å². The van der Waals surface area contributed by atoms with Crippen LogP contribution in [0.1, 0.15) is 37.5 Å². The Bertz CT molecular complexity index is 1070. The molecule has 0 saturated carbocycles. The normalized spacial score (nSPS) is 15.6. The van der Waals surface area contributed by atoms with Gasteiger partial charge in [0.2, 0.25) is 0 Å². The summed E-state index contributed by atoms with van der Waals surface area (Å²) in [5.41, 5.74) is 3.75. The second-order valence-corrected chi connectivity index (χ2v) is 8.20. The summed E-state index contributed by atoms with van der Waals surface area (Å²) in [6, 6.07) is 4.96. The first kappa shape index (κ1) is 21.8. The van der Waals surface area contributed by atoms with E-state index in [1.165, 1.54) is 12.1 Å². The molecule has 4 rings (SSSR count). The maximum Gasteiger partial charge on any atom is 0.192 e. The van der Waals surface area contributed by atoms with Crippen LogP contribution < -0.4 is 15.5 Å². The van der Waals surface area contributed by atoms with Gasteiger partial charge in [0.05, 0.1) is 22.3 Å². The summed E-state index contributed by atoms with van der Waals surface area (Å²) in [7, 11) is 0. The molecule has 7 nitrogen and oxygen atoms in total. The van der Waals surface area contributed by atoms with Gasteiger partial charge in [-0.3, -0.25) is 9.89 Å². The van der Waals surface area contributed by atoms with Crippen molar-refractivity contribution in [2.75, 3.05) is 18.6 Å². The molecule has 0 aliphatic carbocycles. The number of aromatic nitrogens is 3. The number of nitrogens with zero attached hydrogens (tertiary/aromatic N) is 3. The van der Waals surface area contributed by atoms with E-state index < -0.39 is 11.9 Å². The summed E-state index contributed by atoms with van der Waals surface area (Å²) < 4.78 is 22.4. The molecule has 0 unspecified atom stereocenters. The molecule has 1 saturated heterocycles. The third kappa shape index (κ3) is 4.62. The van der Waals surface area contributed by atoms with Gasteiger partial charge in [-0.2, -0.15) is 5.10 Å². The van der Waals surface area contributed by atoms with Gasteiger partial charge in [0.15, 0.2) is 11.6 Å². The van der Waals surface area contributed by atoms with Crippen molar-refractivity contribution < 1.29 is 14.3 Å². The molecule has 3 N–H and O–H groups in total. The number of nitrogens with one attached hydrogen (secondary N) is 2. The van der Waals surface area contributed by atoms with Gasteiger partial charge >= 0.3 is 0 Å². The van der Waals surface area contributed by atoms with Crippen LogP contribution in [0.25, 0.3) is 11.1 Å². The zero-order valence-corrected chi connectivity index (χ0v) is 18.3. The Hall–Kier alpha value is -2.39. The summed E-state index contributed by atoms with van der Waals surface area (Å²) in [4.78, 5) is 4.22. The maximum absolute atomic E-state index is 14.5. The molecule has 31 heavy (non-hydrogen) atoms. The molecule has 0 bridgehead atoms. The second-order valence-electron chi connectivity index (χ2n) is 7.39. The zero-order chi connectivity index (χ0) is 22.0. The number of rotatable bonds is 6. The maximum atomic E-state index is 14.5. The van der Waals surface area contributed by atoms with Crippen LogP contribution in [-0.4, -0.2) is 33.1 Å². The standard InChI is InChI=1S/C21H22Cl2FN5O2/c1-12(19-16(22)2-3-17(23)20(19)24)31-18-8-13(9-26-21(18)28-30)14-10-27-29(11-14)15-4-6-25-7-5-15/h2-3,8-12,15,25,30H,4-7H2,1H3,(H,26,28)/t12-/m1/s1. The van der Waals surface area contributed by atoms with Crippen LogP contribution in [0.4, 0.5) is 10.2 Å². The van der Waals surface area contributed by atoms with E-state index >= 15 is 0 Å². The Kier molecular flexibility index (Phi) is 6.62. The van der Waals surface area contributed by atoms with E-state index in [4.69, 9.17) is 27.9 Å². The largest absolute Gasteiger partial charge is 0.482 e. The van der Waals surface area contributed by atoms with Crippen LogP contribution in [0.5, 0.6) is 5.75 Å². The molecule has 3 heterocycles. The molecule has 0 amide bonds. The second kappa shape index (κ2) is 9.40. The topological polar surface area (TPSA) is 84.2 Å². The lowest BCUT2D eigenvalue weighted by Crippen LogP contribution is -2.29. The number of ether oxygens (including phenoxy) is 1. The van der Waals surface area contributed by atoms with Crippen molar-refractivity contribution in [2.24, 2.45) is 0 Å². The molecule has 0 spiro atoms. The van der Waals surface area contributed by atoms with Crippen molar-refractivity contribution in [3.63, 3.8) is 0 Å². The van der Waals surface area contributed by atoms with Gasteiger partial charge < -0.3 is 10.1 Å². The highest BCUT2D eigenvalue weighted by Crippen LogP contribution is 2.36. The van der Waals surface area contributed by atoms with Gasteiger partial charge in [0.1, 0.15) is 11.9 Å². The van der Waals surface area contributed by atoms with Gasteiger partial charge in [-0.25, -0.2) is 14.9 Å². The summed E-state index contributed by atoms with van der Waals surface area (Å²) >= 11 is 12.1. The van der Waals surface area contributed by atoms with E-state index in [1.807, 2.05) is 16.4 Å². The Labute approximate surface area is 189 Å². The average Bonchev–Trinajstić information content (AvgIpc) is 3.27. The molecule has 1 aliphatic heterocycles. The van der Waals surface area contributed by atoms with Gasteiger partial charge in [-0.15, -0.1) is 0 Å². The monoisotopic (exact) mass is 465 g/mol. The number of anilines is 1. The third-order valence-electron chi connectivity index (χ3n) is 5.37. The molecule has 10 heteroatoms. The number of hydrogen-bond acceptors (Lipinski definition) is 6. The molecule has 1 aliphatic rings. The molecule has 3 aromatic rings. The van der Waals surface area contributed by atoms with Crippen molar-refractivity contribution in [1.82, 2.24) is 20.1 Å². The first-order valence-corrected chi connectivity index (χ1v) is 10.7. The fraction of sp³-hybridized carbons (Fsp3) is 0.333. The van der Waals surface area contributed by atoms with Crippen molar-refractivity contribution in [2.45, 2.75) is 31.9 Å². The minimum Gasteiger partial charge on any atom is -0.482 e. The molecular weight excluding hydrogens is 444 g/mol. The summed E-state index contributed by atoms with van der Waals surface area (Å²) in [6.45, 7) is 3.58. The Morgan fingerprint density at radius 3 is 2.71 bits per heavy atom. The van der Waals surface area contributed by atoms with Gasteiger partial charge in [0.25, 0.3) is 0 Å². The summed E-state index contributed by atoms with van der Waals surface area (Å²) in [5, 5.41) is 17.4. The zero-order valence-electron chi connectivity index (χ0n) is 16.8. The van der Waals surface area contributed by atoms with E-state index in [-0.39, 0.29) is 27.2 Å². The van der Waals surface area contributed by atoms with E-state index in [1.54, 1.807) is 25.4 Å². The van der Waals surface area contributed by atoms with E-state index in [9.17, 15) is 9.60 Å². The predicted octanol–water partition coefficient (Wildman–Crippen LogP) is 5.26. The van der Waals surface area contributed by atoms with Crippen molar-refractivity contribution in [3.8, 4) is 16.9 Å². The molecule has 1 fully saturated rings. The van der Waals surface area contributed by atoms with Gasteiger partial charge in [0, 0.05) is 29.1 Å². The van der Waals surface area contributed by atoms with E-state index in [2.05, 4.69) is 15.4 Å². The fourth-order valence-electron chi connectivity index (χ4n) is 3.70. The molecule has 1 atom stereocenters. The molecule has 2 aromatic heterocycles. The number of pyridine rings is 1. The SMILES string of the molecule is C[C@@H](Oc1cc(-c2cnn(C3CCNCC3)c2)cnc1NO)c1c(Cl)ccc(Cl)c1F. The first-order valence-electron chi connectivity index (χ1n) is 9.93. The van der Waals surface area contributed by atoms with E-state index in [0.717, 1.165) is 37.1 Å². The van der Waals surface area contributed by atoms with Crippen LogP contribution in [0, 0.1) is 5.82 Å². The van der Waals surface area contributed by atoms with Crippen molar-refractivity contribution in [3.05, 3.63) is 58.2 Å². The van der Waals surface area contributed by atoms with Crippen LogP contribution in [0.2, 0.25) is 10.0 Å². The molecule has 164 valence electrons. The van der Waals surface area contributed by atoms with Crippen LogP contribution >= 0.6 is 23.2 Å². The first-order chi connectivity index (χ1) is 15.0. The molecule has 0 radical (unpaired) electrons. The van der Waals surface area contributed by atoms with Crippen LogP contribution in [-0.2, 0) is 0 Å². The number of piperidine rings is 1. The van der Waals surface area contributed by atoms with Crippen molar-refractivity contribution >= 4 is 29.0 Å². The lowest BCUT2D eigenvalue weighted by atomic mass is 10.1. The smallest absolute Gasteiger partial charge is 0.192 e. The highest BCUT2D eigenvalue weighted by molar-refractivity contribution is 6.33. The minimum atomic E-state index is -0.784. The van der Waals surface area contributed by atoms with Gasteiger partial charge in [-0.05, 0) is 51.1 Å². The third-order valence-corrected chi connectivity index (χ3v) is 5.99. The Balaban J connectivity index is 1.61. The van der Waals surface area contributed by atoms with Crippen LogP contribution in [0.15, 0.2) is 36.8 Å².